The van der Waals surface area contributed by atoms with Crippen LogP contribution < -0.4 is 10.6 Å². The number of nitrogens with one attached hydrogen (secondary N) is 2. The topological polar surface area (TPSA) is 41.1 Å². The van der Waals surface area contributed by atoms with E-state index in [1.807, 2.05) is 30.3 Å². The molecule has 2 aliphatic rings. The van der Waals surface area contributed by atoms with Crippen molar-refractivity contribution in [1.82, 2.24) is 10.6 Å². The molecule has 1 aliphatic carbocycles. The van der Waals surface area contributed by atoms with Crippen molar-refractivity contribution in [2.24, 2.45) is 0 Å². The molecule has 3 rings (SSSR count). The van der Waals surface area contributed by atoms with Gasteiger partial charge in [0.25, 0.3) is 0 Å². The van der Waals surface area contributed by atoms with Crippen molar-refractivity contribution in [1.29, 1.82) is 0 Å². The van der Waals surface area contributed by atoms with Crippen LogP contribution in [-0.2, 0) is 4.79 Å². The molecular formula is C16H17ClN2O. The zero-order valence-electron chi connectivity index (χ0n) is 11.2. The van der Waals surface area contributed by atoms with Crippen molar-refractivity contribution >= 4 is 23.5 Å². The molecule has 104 valence electrons. The number of halogens is 1. The minimum Gasteiger partial charge on any atom is -0.370 e. The van der Waals surface area contributed by atoms with Crippen molar-refractivity contribution in [3.8, 4) is 0 Å². The fourth-order valence-corrected chi connectivity index (χ4v) is 2.87. The van der Waals surface area contributed by atoms with Gasteiger partial charge in [-0.1, -0.05) is 29.8 Å². The SMILES string of the molecule is O=C1C(=C2NCCN2)CCC/C1=C\c1ccccc1Cl. The summed E-state index contributed by atoms with van der Waals surface area (Å²) < 4.78 is 0. The first kappa shape index (κ1) is 13.3. The van der Waals surface area contributed by atoms with Crippen LogP contribution >= 0.6 is 11.6 Å². The van der Waals surface area contributed by atoms with Gasteiger partial charge in [-0.3, -0.25) is 4.79 Å². The van der Waals surface area contributed by atoms with Crippen LogP contribution in [0.2, 0.25) is 5.02 Å². The van der Waals surface area contributed by atoms with E-state index in [9.17, 15) is 4.79 Å². The van der Waals surface area contributed by atoms with Gasteiger partial charge in [-0.15, -0.1) is 0 Å². The summed E-state index contributed by atoms with van der Waals surface area (Å²) in [5.41, 5.74) is 2.64. The smallest absolute Gasteiger partial charge is 0.188 e. The lowest BCUT2D eigenvalue weighted by atomic mass is 9.87. The molecule has 3 nitrogen and oxygen atoms in total. The Hall–Kier alpha value is -1.74. The molecule has 0 amide bonds. The van der Waals surface area contributed by atoms with E-state index in [0.717, 1.165) is 54.9 Å². The number of Topliss-reactive ketones (excluding diaryl/α,β-unsaturated/α-hetero) is 1. The Kier molecular flexibility index (Phi) is 3.79. The molecule has 0 aromatic heterocycles. The summed E-state index contributed by atoms with van der Waals surface area (Å²) in [4.78, 5) is 12.6. The summed E-state index contributed by atoms with van der Waals surface area (Å²) in [6, 6.07) is 7.62. The van der Waals surface area contributed by atoms with Crippen LogP contribution in [0.5, 0.6) is 0 Å². The Morgan fingerprint density at radius 1 is 1.10 bits per heavy atom. The van der Waals surface area contributed by atoms with E-state index < -0.39 is 0 Å². The van der Waals surface area contributed by atoms with E-state index in [1.54, 1.807) is 0 Å². The molecule has 1 aliphatic heterocycles. The van der Waals surface area contributed by atoms with Crippen molar-refractivity contribution in [3.05, 3.63) is 51.8 Å². The number of carbonyl (C=O) groups is 1. The first-order valence-electron chi connectivity index (χ1n) is 6.96. The van der Waals surface area contributed by atoms with Gasteiger partial charge in [-0.2, -0.15) is 0 Å². The lowest BCUT2D eigenvalue weighted by Crippen LogP contribution is -2.22. The number of benzene rings is 1. The number of hydrogen-bond donors (Lipinski definition) is 2. The predicted molar refractivity (Wildman–Crippen MR) is 81.3 cm³/mol. The zero-order chi connectivity index (χ0) is 13.9. The fourth-order valence-electron chi connectivity index (χ4n) is 2.68. The van der Waals surface area contributed by atoms with Crippen molar-refractivity contribution in [3.63, 3.8) is 0 Å². The Labute approximate surface area is 123 Å². The average Bonchev–Trinajstić information content (AvgIpc) is 2.97. The number of ketones is 1. The highest BCUT2D eigenvalue weighted by atomic mass is 35.5. The number of hydrogen-bond acceptors (Lipinski definition) is 3. The van der Waals surface area contributed by atoms with Gasteiger partial charge in [0, 0.05) is 29.3 Å². The van der Waals surface area contributed by atoms with Crippen LogP contribution in [0.1, 0.15) is 24.8 Å². The Morgan fingerprint density at radius 2 is 1.85 bits per heavy atom. The molecule has 1 saturated carbocycles. The normalized spacial score (nSPS) is 21.1. The molecule has 1 aromatic carbocycles. The van der Waals surface area contributed by atoms with Gasteiger partial charge < -0.3 is 10.6 Å². The van der Waals surface area contributed by atoms with E-state index in [2.05, 4.69) is 10.6 Å². The first-order valence-corrected chi connectivity index (χ1v) is 7.34. The molecule has 0 radical (unpaired) electrons. The predicted octanol–water partition coefficient (Wildman–Crippen LogP) is 2.88. The number of rotatable bonds is 1. The molecular weight excluding hydrogens is 272 g/mol. The summed E-state index contributed by atoms with van der Waals surface area (Å²) in [5, 5.41) is 7.18. The average molecular weight is 289 g/mol. The highest BCUT2D eigenvalue weighted by Gasteiger charge is 2.25. The largest absolute Gasteiger partial charge is 0.370 e. The van der Waals surface area contributed by atoms with Gasteiger partial charge in [0.1, 0.15) is 5.82 Å². The molecule has 0 bridgehead atoms. The van der Waals surface area contributed by atoms with Crippen molar-refractivity contribution in [2.75, 3.05) is 13.1 Å². The summed E-state index contributed by atoms with van der Waals surface area (Å²) >= 11 is 6.16. The Morgan fingerprint density at radius 3 is 2.60 bits per heavy atom. The van der Waals surface area contributed by atoms with E-state index in [1.165, 1.54) is 0 Å². The molecule has 1 saturated heterocycles. The molecule has 0 atom stereocenters. The molecule has 20 heavy (non-hydrogen) atoms. The van der Waals surface area contributed by atoms with Crippen molar-refractivity contribution < 1.29 is 4.79 Å². The van der Waals surface area contributed by atoms with Crippen LogP contribution in [0, 0.1) is 0 Å². The lowest BCUT2D eigenvalue weighted by Gasteiger charge is -2.18. The van der Waals surface area contributed by atoms with Crippen molar-refractivity contribution in [2.45, 2.75) is 19.3 Å². The van der Waals surface area contributed by atoms with Crippen LogP contribution in [0.3, 0.4) is 0 Å². The third-order valence-corrected chi connectivity index (χ3v) is 4.05. The minimum absolute atomic E-state index is 0.146. The maximum absolute atomic E-state index is 12.6. The number of allylic oxidation sites excluding steroid dienone is 2. The van der Waals surface area contributed by atoms with Crippen LogP contribution in [0.15, 0.2) is 41.2 Å². The summed E-state index contributed by atoms with van der Waals surface area (Å²) in [7, 11) is 0. The monoisotopic (exact) mass is 288 g/mol. The van der Waals surface area contributed by atoms with Gasteiger partial charge in [-0.05, 0) is 37.0 Å². The molecule has 0 unspecified atom stereocenters. The third kappa shape index (κ3) is 2.59. The van der Waals surface area contributed by atoms with Crippen LogP contribution in [0.25, 0.3) is 6.08 Å². The summed E-state index contributed by atoms with van der Waals surface area (Å²) in [6.45, 7) is 1.77. The van der Waals surface area contributed by atoms with E-state index in [-0.39, 0.29) is 5.78 Å². The highest BCUT2D eigenvalue weighted by molar-refractivity contribution is 6.32. The number of carbonyl (C=O) groups excluding carboxylic acids is 1. The first-order chi connectivity index (χ1) is 9.75. The Bertz CT molecular complexity index is 596. The molecule has 1 heterocycles. The third-order valence-electron chi connectivity index (χ3n) is 3.70. The highest BCUT2D eigenvalue weighted by Crippen LogP contribution is 2.29. The van der Waals surface area contributed by atoms with Gasteiger partial charge in [0.15, 0.2) is 5.78 Å². The van der Waals surface area contributed by atoms with E-state index in [0.29, 0.717) is 5.02 Å². The molecule has 2 N–H and O–H groups in total. The van der Waals surface area contributed by atoms with Gasteiger partial charge in [0.2, 0.25) is 0 Å². The van der Waals surface area contributed by atoms with Crippen LogP contribution in [0.4, 0.5) is 0 Å². The lowest BCUT2D eigenvalue weighted by molar-refractivity contribution is -0.113. The maximum Gasteiger partial charge on any atom is 0.188 e. The van der Waals surface area contributed by atoms with Gasteiger partial charge >= 0.3 is 0 Å². The molecule has 4 heteroatoms. The maximum atomic E-state index is 12.6. The summed E-state index contributed by atoms with van der Waals surface area (Å²) in [5.74, 6) is 1.06. The molecule has 1 aromatic rings. The van der Waals surface area contributed by atoms with E-state index >= 15 is 0 Å². The quantitative estimate of drug-likeness (QED) is 0.781. The second-order valence-electron chi connectivity index (χ2n) is 5.08. The van der Waals surface area contributed by atoms with Gasteiger partial charge in [-0.25, -0.2) is 0 Å². The summed E-state index contributed by atoms with van der Waals surface area (Å²) in [6.07, 6.45) is 4.60. The standard InChI is InChI=1S/C16H17ClN2O/c17-14-7-2-1-4-11(14)10-12-5-3-6-13(15(12)20)16-18-8-9-19-16/h1-2,4,7,10,18-19H,3,5-6,8-9H2/b12-10+. The molecule has 0 spiro atoms. The second kappa shape index (κ2) is 5.71. The second-order valence-corrected chi connectivity index (χ2v) is 5.49. The van der Waals surface area contributed by atoms with E-state index in [4.69, 9.17) is 11.6 Å². The Balaban J connectivity index is 1.93. The minimum atomic E-state index is 0.146. The zero-order valence-corrected chi connectivity index (χ0v) is 12.0. The van der Waals surface area contributed by atoms with Gasteiger partial charge in [0.05, 0.1) is 0 Å². The fraction of sp³-hybridized carbons (Fsp3) is 0.312. The van der Waals surface area contributed by atoms with Crippen LogP contribution in [-0.4, -0.2) is 18.9 Å². The molecule has 2 fully saturated rings.